The molecule has 0 aliphatic rings. The first-order valence-electron chi connectivity index (χ1n) is 21.7. The molecule has 0 fully saturated rings. The summed E-state index contributed by atoms with van der Waals surface area (Å²) >= 11 is 0. The molecule has 0 N–H and O–H groups in total. The Morgan fingerprint density at radius 2 is 0.562 bits per heavy atom. The van der Waals surface area contributed by atoms with Crippen molar-refractivity contribution < 1.29 is 18.9 Å². The predicted octanol–water partition coefficient (Wildman–Crippen LogP) is 14.0. The standard InChI is InChI=1S/C44H88O4/c1-5-9-12-15-18-21-24-27-30-33-37-46-41-44(40-45-36-8-4,42-47-38-34-31-28-25-22-19-16-13-10-6-2)43-48-39-35-32-29-26-23-20-17-14-11-7-3/h8H,4-7,9-43H2,1-3H3. The summed E-state index contributed by atoms with van der Waals surface area (Å²) in [5.74, 6) is 0. The summed E-state index contributed by atoms with van der Waals surface area (Å²) in [5, 5.41) is 0. The van der Waals surface area contributed by atoms with Crippen LogP contribution in [-0.2, 0) is 18.9 Å². The van der Waals surface area contributed by atoms with E-state index in [2.05, 4.69) is 27.4 Å². The van der Waals surface area contributed by atoms with Crippen LogP contribution >= 0.6 is 0 Å². The Morgan fingerprint density at radius 1 is 0.333 bits per heavy atom. The number of hydrogen-bond donors (Lipinski definition) is 0. The van der Waals surface area contributed by atoms with Gasteiger partial charge in [0.1, 0.15) is 0 Å². The fourth-order valence-electron chi connectivity index (χ4n) is 6.55. The average molecular weight is 681 g/mol. The first-order valence-corrected chi connectivity index (χ1v) is 21.7. The van der Waals surface area contributed by atoms with Crippen LogP contribution in [0.2, 0.25) is 0 Å². The maximum Gasteiger partial charge on any atom is 0.0645 e. The van der Waals surface area contributed by atoms with E-state index >= 15 is 0 Å². The lowest BCUT2D eigenvalue weighted by Crippen LogP contribution is -2.42. The van der Waals surface area contributed by atoms with Crippen molar-refractivity contribution >= 4 is 0 Å². The maximum atomic E-state index is 6.35. The van der Waals surface area contributed by atoms with Crippen LogP contribution in [0.4, 0.5) is 0 Å². The fourth-order valence-corrected chi connectivity index (χ4v) is 6.55. The largest absolute Gasteiger partial charge is 0.381 e. The maximum absolute atomic E-state index is 6.35. The second kappa shape index (κ2) is 41.0. The van der Waals surface area contributed by atoms with Crippen molar-refractivity contribution in [1.29, 1.82) is 0 Å². The first-order chi connectivity index (χ1) is 23.7. The Hall–Kier alpha value is -0.420. The van der Waals surface area contributed by atoms with Crippen LogP contribution in [0.3, 0.4) is 0 Å². The molecule has 4 heteroatoms. The van der Waals surface area contributed by atoms with E-state index in [0.29, 0.717) is 33.0 Å². The fraction of sp³-hybridized carbons (Fsp3) is 0.955. The van der Waals surface area contributed by atoms with Gasteiger partial charge in [-0.3, -0.25) is 0 Å². The molecule has 0 aromatic rings. The monoisotopic (exact) mass is 681 g/mol. The average Bonchev–Trinajstić information content (AvgIpc) is 3.09. The number of unbranched alkanes of at least 4 members (excludes halogenated alkanes) is 27. The molecule has 0 atom stereocenters. The van der Waals surface area contributed by atoms with Crippen molar-refractivity contribution in [2.24, 2.45) is 5.41 Å². The topological polar surface area (TPSA) is 36.9 Å². The molecule has 0 saturated heterocycles. The Kier molecular flexibility index (Phi) is 40.6. The van der Waals surface area contributed by atoms with Gasteiger partial charge >= 0.3 is 0 Å². The molecule has 0 aromatic carbocycles. The molecule has 0 radical (unpaired) electrons. The highest BCUT2D eigenvalue weighted by atomic mass is 16.5. The molecule has 0 heterocycles. The first kappa shape index (κ1) is 47.6. The van der Waals surface area contributed by atoms with E-state index < -0.39 is 0 Å². The summed E-state index contributed by atoms with van der Waals surface area (Å²) in [5.41, 5.74) is -0.265. The van der Waals surface area contributed by atoms with E-state index in [1.54, 1.807) is 0 Å². The predicted molar refractivity (Wildman–Crippen MR) is 211 cm³/mol. The molecule has 0 amide bonds. The second-order valence-electron chi connectivity index (χ2n) is 15.0. The lowest BCUT2D eigenvalue weighted by atomic mass is 9.92. The highest BCUT2D eigenvalue weighted by molar-refractivity contribution is 4.80. The number of ether oxygens (including phenoxy) is 4. The van der Waals surface area contributed by atoms with Crippen LogP contribution in [0.25, 0.3) is 0 Å². The molecule has 48 heavy (non-hydrogen) atoms. The zero-order valence-corrected chi connectivity index (χ0v) is 33.3. The lowest BCUT2D eigenvalue weighted by molar-refractivity contribution is -0.104. The normalized spacial score (nSPS) is 11.9. The summed E-state index contributed by atoms with van der Waals surface area (Å²) in [6.07, 6.45) is 42.2. The van der Waals surface area contributed by atoms with Gasteiger partial charge in [-0.05, 0) is 19.3 Å². The third-order valence-corrected chi connectivity index (χ3v) is 9.80. The summed E-state index contributed by atoms with van der Waals surface area (Å²) in [6.45, 7) is 16.2. The Labute approximate surface area is 302 Å². The van der Waals surface area contributed by atoms with Gasteiger partial charge in [-0.1, -0.05) is 200 Å². The second-order valence-corrected chi connectivity index (χ2v) is 15.0. The van der Waals surface area contributed by atoms with Crippen LogP contribution in [0.15, 0.2) is 12.7 Å². The van der Waals surface area contributed by atoms with E-state index in [1.807, 2.05) is 6.08 Å². The van der Waals surface area contributed by atoms with Gasteiger partial charge in [0.15, 0.2) is 0 Å². The molecular formula is C44H88O4. The van der Waals surface area contributed by atoms with Gasteiger partial charge < -0.3 is 18.9 Å². The molecule has 0 unspecified atom stereocenters. The van der Waals surface area contributed by atoms with E-state index in [9.17, 15) is 0 Å². The molecule has 0 spiro atoms. The quantitative estimate of drug-likeness (QED) is 0.0474. The molecule has 0 bridgehead atoms. The molecule has 0 aromatic heterocycles. The Morgan fingerprint density at radius 3 is 0.812 bits per heavy atom. The van der Waals surface area contributed by atoms with Crippen LogP contribution in [-0.4, -0.2) is 52.9 Å². The van der Waals surface area contributed by atoms with Gasteiger partial charge in [-0.15, -0.1) is 6.58 Å². The minimum Gasteiger partial charge on any atom is -0.381 e. The third-order valence-electron chi connectivity index (χ3n) is 9.80. The van der Waals surface area contributed by atoms with Crippen molar-refractivity contribution in [3.05, 3.63) is 12.7 Å². The van der Waals surface area contributed by atoms with Gasteiger partial charge in [0.25, 0.3) is 0 Å². The van der Waals surface area contributed by atoms with Gasteiger partial charge in [-0.25, -0.2) is 0 Å². The minimum atomic E-state index is -0.265. The van der Waals surface area contributed by atoms with Crippen LogP contribution in [0.5, 0.6) is 0 Å². The van der Waals surface area contributed by atoms with E-state index in [1.165, 1.54) is 173 Å². The summed E-state index contributed by atoms with van der Waals surface area (Å²) in [6, 6.07) is 0. The molecule has 288 valence electrons. The van der Waals surface area contributed by atoms with Crippen molar-refractivity contribution in [2.75, 3.05) is 52.9 Å². The molecule has 0 saturated carbocycles. The van der Waals surface area contributed by atoms with Crippen molar-refractivity contribution in [3.8, 4) is 0 Å². The summed E-state index contributed by atoms with van der Waals surface area (Å²) in [7, 11) is 0. The Balaban J connectivity index is 4.55. The third kappa shape index (κ3) is 35.4. The highest BCUT2D eigenvalue weighted by Crippen LogP contribution is 2.22. The van der Waals surface area contributed by atoms with Gasteiger partial charge in [0.2, 0.25) is 0 Å². The van der Waals surface area contributed by atoms with Crippen LogP contribution in [0.1, 0.15) is 213 Å². The van der Waals surface area contributed by atoms with Crippen molar-refractivity contribution in [2.45, 2.75) is 213 Å². The molecular weight excluding hydrogens is 592 g/mol. The SMILES string of the molecule is C=CCOCC(COCCCCCCCCCCCC)(COCCCCCCCCCCCC)COCCCCCCCCCCCC. The highest BCUT2D eigenvalue weighted by Gasteiger charge is 2.32. The molecule has 0 aliphatic carbocycles. The zero-order valence-electron chi connectivity index (χ0n) is 33.3. The van der Waals surface area contributed by atoms with E-state index in [4.69, 9.17) is 18.9 Å². The van der Waals surface area contributed by atoms with Crippen LogP contribution in [0, 0.1) is 5.41 Å². The van der Waals surface area contributed by atoms with Crippen LogP contribution < -0.4 is 0 Å². The molecule has 4 nitrogen and oxygen atoms in total. The minimum absolute atomic E-state index is 0.265. The molecule has 0 rings (SSSR count). The van der Waals surface area contributed by atoms with Crippen molar-refractivity contribution in [1.82, 2.24) is 0 Å². The van der Waals surface area contributed by atoms with E-state index in [-0.39, 0.29) is 5.41 Å². The lowest BCUT2D eigenvalue weighted by Gasteiger charge is -2.33. The summed E-state index contributed by atoms with van der Waals surface area (Å²) in [4.78, 5) is 0. The van der Waals surface area contributed by atoms with Crippen molar-refractivity contribution in [3.63, 3.8) is 0 Å². The number of rotatable bonds is 43. The Bertz CT molecular complexity index is 525. The van der Waals surface area contributed by atoms with Gasteiger partial charge in [0.05, 0.1) is 38.4 Å². The van der Waals surface area contributed by atoms with E-state index in [0.717, 1.165) is 39.1 Å². The van der Waals surface area contributed by atoms with Gasteiger partial charge in [-0.2, -0.15) is 0 Å². The smallest absolute Gasteiger partial charge is 0.0645 e. The zero-order chi connectivity index (χ0) is 34.9. The summed E-state index contributed by atoms with van der Waals surface area (Å²) < 4.78 is 25.1. The molecule has 0 aliphatic heterocycles. The van der Waals surface area contributed by atoms with Gasteiger partial charge in [0, 0.05) is 19.8 Å². The number of hydrogen-bond acceptors (Lipinski definition) is 4.